The lowest BCUT2D eigenvalue weighted by molar-refractivity contribution is 0.190. The molecule has 1 atom stereocenters. The summed E-state index contributed by atoms with van der Waals surface area (Å²) in [5.41, 5.74) is 5.76. The van der Waals surface area contributed by atoms with Crippen LogP contribution < -0.4 is 5.73 Å². The lowest BCUT2D eigenvalue weighted by Gasteiger charge is -2.35. The molecule has 1 aliphatic heterocycles. The first-order valence-corrected chi connectivity index (χ1v) is 8.29. The van der Waals surface area contributed by atoms with E-state index >= 15 is 0 Å². The lowest BCUT2D eigenvalue weighted by Crippen LogP contribution is -2.47. The minimum Gasteiger partial charge on any atom is -0.381 e. The standard InChI is InChI=1S/C12H23N5O2S/c1-4-16-9-11(12(13)14-16)20(18,19)17-7-5-6-10(8-17)15(2)3/h9-10H,4-8H2,1-3H3,(H2,13,14). The topological polar surface area (TPSA) is 84.5 Å². The maximum absolute atomic E-state index is 12.7. The number of nitrogen functional groups attached to an aromatic ring is 1. The number of aromatic nitrogens is 2. The maximum Gasteiger partial charge on any atom is 0.248 e. The molecular weight excluding hydrogens is 278 g/mol. The highest BCUT2D eigenvalue weighted by atomic mass is 32.2. The van der Waals surface area contributed by atoms with Gasteiger partial charge >= 0.3 is 0 Å². The number of rotatable bonds is 4. The third-order valence-corrected chi connectivity index (χ3v) is 5.67. The van der Waals surface area contributed by atoms with Crippen molar-refractivity contribution in [1.82, 2.24) is 19.0 Å². The smallest absolute Gasteiger partial charge is 0.248 e. The molecule has 0 aliphatic carbocycles. The largest absolute Gasteiger partial charge is 0.381 e. The van der Waals surface area contributed by atoms with Crippen molar-refractivity contribution < 1.29 is 8.42 Å². The van der Waals surface area contributed by atoms with Crippen LogP contribution in [0.1, 0.15) is 19.8 Å². The molecule has 2 rings (SSSR count). The monoisotopic (exact) mass is 301 g/mol. The summed E-state index contributed by atoms with van der Waals surface area (Å²) in [5.74, 6) is 0.0822. The Morgan fingerprint density at radius 1 is 1.50 bits per heavy atom. The summed E-state index contributed by atoms with van der Waals surface area (Å²) in [5, 5.41) is 4.02. The van der Waals surface area contributed by atoms with E-state index in [1.54, 1.807) is 4.68 Å². The second-order valence-electron chi connectivity index (χ2n) is 5.36. The van der Waals surface area contributed by atoms with Crippen molar-refractivity contribution in [3.05, 3.63) is 6.20 Å². The number of likely N-dealkylation sites (N-methyl/N-ethyl adjacent to an activating group) is 1. The van der Waals surface area contributed by atoms with E-state index in [1.807, 2.05) is 21.0 Å². The summed E-state index contributed by atoms with van der Waals surface area (Å²) in [6.07, 6.45) is 3.40. The number of aryl methyl sites for hydroxylation is 1. The lowest BCUT2D eigenvalue weighted by atomic mass is 10.1. The van der Waals surface area contributed by atoms with Gasteiger partial charge in [-0.1, -0.05) is 0 Å². The summed E-state index contributed by atoms with van der Waals surface area (Å²) in [7, 11) is 0.403. The molecule has 2 heterocycles. The third kappa shape index (κ3) is 2.82. The number of hydrogen-bond donors (Lipinski definition) is 1. The Morgan fingerprint density at radius 3 is 2.75 bits per heavy atom. The molecular formula is C12H23N5O2S. The highest BCUT2D eigenvalue weighted by Gasteiger charge is 2.33. The predicted molar refractivity (Wildman–Crippen MR) is 77.8 cm³/mol. The van der Waals surface area contributed by atoms with Gasteiger partial charge in [-0.15, -0.1) is 0 Å². The Morgan fingerprint density at radius 2 is 2.20 bits per heavy atom. The van der Waals surface area contributed by atoms with Crippen LogP contribution in [0.2, 0.25) is 0 Å². The summed E-state index contributed by atoms with van der Waals surface area (Å²) >= 11 is 0. The van der Waals surface area contributed by atoms with E-state index in [4.69, 9.17) is 5.73 Å². The number of piperidine rings is 1. The van der Waals surface area contributed by atoms with Gasteiger partial charge in [0.25, 0.3) is 0 Å². The third-order valence-electron chi connectivity index (χ3n) is 3.79. The Hall–Kier alpha value is -1.12. The first-order valence-electron chi connectivity index (χ1n) is 6.85. The SMILES string of the molecule is CCn1cc(S(=O)(=O)N2CCCC(N(C)C)C2)c(N)n1. The van der Waals surface area contributed by atoms with Crippen LogP contribution in [0, 0.1) is 0 Å². The van der Waals surface area contributed by atoms with Gasteiger partial charge in [0.05, 0.1) is 0 Å². The fourth-order valence-corrected chi connectivity index (χ4v) is 4.05. The van der Waals surface area contributed by atoms with Gasteiger partial charge in [-0.3, -0.25) is 4.68 Å². The number of nitrogens with two attached hydrogens (primary N) is 1. The molecule has 8 heteroatoms. The molecule has 1 unspecified atom stereocenters. The van der Waals surface area contributed by atoms with E-state index < -0.39 is 10.0 Å². The molecule has 0 spiro atoms. The number of anilines is 1. The van der Waals surface area contributed by atoms with Crippen LogP contribution in [0.5, 0.6) is 0 Å². The fourth-order valence-electron chi connectivity index (χ4n) is 2.48. The number of sulfonamides is 1. The Kier molecular flexibility index (Phi) is 4.36. The molecule has 1 aromatic heterocycles. The van der Waals surface area contributed by atoms with E-state index in [1.165, 1.54) is 10.5 Å². The van der Waals surface area contributed by atoms with Crippen LogP contribution in [0.25, 0.3) is 0 Å². The average molecular weight is 301 g/mol. The molecule has 0 bridgehead atoms. The van der Waals surface area contributed by atoms with Crippen LogP contribution in [-0.2, 0) is 16.6 Å². The second-order valence-corrected chi connectivity index (χ2v) is 7.26. The zero-order valence-corrected chi connectivity index (χ0v) is 13.1. The highest BCUT2D eigenvalue weighted by molar-refractivity contribution is 7.89. The van der Waals surface area contributed by atoms with E-state index in [9.17, 15) is 8.42 Å². The van der Waals surface area contributed by atoms with E-state index in [0.717, 1.165) is 12.8 Å². The molecule has 1 aromatic rings. The summed E-state index contributed by atoms with van der Waals surface area (Å²) in [6, 6.07) is 0.251. The molecule has 7 nitrogen and oxygen atoms in total. The molecule has 20 heavy (non-hydrogen) atoms. The molecule has 0 saturated carbocycles. The van der Waals surface area contributed by atoms with Gasteiger partial charge in [-0.25, -0.2) is 8.42 Å². The first kappa shape index (κ1) is 15.3. The van der Waals surface area contributed by atoms with Gasteiger partial charge in [0, 0.05) is 31.9 Å². The Bertz CT molecular complexity index is 566. The normalized spacial score (nSPS) is 21.5. The van der Waals surface area contributed by atoms with Crippen molar-refractivity contribution in [2.45, 2.75) is 37.2 Å². The number of hydrogen-bond acceptors (Lipinski definition) is 5. The molecule has 0 aromatic carbocycles. The van der Waals surface area contributed by atoms with E-state index in [0.29, 0.717) is 19.6 Å². The molecule has 1 aliphatic rings. The minimum atomic E-state index is -3.55. The maximum atomic E-state index is 12.7. The molecule has 0 radical (unpaired) electrons. The number of nitrogens with zero attached hydrogens (tertiary/aromatic N) is 4. The van der Waals surface area contributed by atoms with Gasteiger partial charge in [0.15, 0.2) is 5.82 Å². The van der Waals surface area contributed by atoms with Crippen LogP contribution in [0.15, 0.2) is 11.1 Å². The van der Waals surface area contributed by atoms with E-state index in [2.05, 4.69) is 10.00 Å². The van der Waals surface area contributed by atoms with Crippen molar-refractivity contribution in [2.24, 2.45) is 0 Å². The molecule has 1 saturated heterocycles. The van der Waals surface area contributed by atoms with Crippen molar-refractivity contribution in [1.29, 1.82) is 0 Å². The van der Waals surface area contributed by atoms with Crippen molar-refractivity contribution >= 4 is 15.8 Å². The zero-order chi connectivity index (χ0) is 14.9. The van der Waals surface area contributed by atoms with Crippen LogP contribution in [-0.4, -0.2) is 60.6 Å². The highest BCUT2D eigenvalue weighted by Crippen LogP contribution is 2.25. The summed E-state index contributed by atoms with van der Waals surface area (Å²) in [4.78, 5) is 2.19. The summed E-state index contributed by atoms with van der Waals surface area (Å²) < 4.78 is 28.4. The minimum absolute atomic E-state index is 0.0822. The average Bonchev–Trinajstić information content (AvgIpc) is 2.81. The van der Waals surface area contributed by atoms with Gasteiger partial charge in [0.2, 0.25) is 10.0 Å². The van der Waals surface area contributed by atoms with Gasteiger partial charge < -0.3 is 10.6 Å². The van der Waals surface area contributed by atoms with Gasteiger partial charge in [-0.05, 0) is 33.9 Å². The van der Waals surface area contributed by atoms with Crippen molar-refractivity contribution in [2.75, 3.05) is 32.9 Å². The molecule has 1 fully saturated rings. The Balaban J connectivity index is 2.27. The second kappa shape index (κ2) is 5.71. The van der Waals surface area contributed by atoms with Gasteiger partial charge in [0.1, 0.15) is 4.90 Å². The molecule has 2 N–H and O–H groups in total. The van der Waals surface area contributed by atoms with Crippen LogP contribution in [0.3, 0.4) is 0 Å². The molecule has 0 amide bonds. The van der Waals surface area contributed by atoms with E-state index in [-0.39, 0.29) is 16.8 Å². The Labute approximate surface area is 120 Å². The quantitative estimate of drug-likeness (QED) is 0.859. The fraction of sp³-hybridized carbons (Fsp3) is 0.750. The van der Waals surface area contributed by atoms with Crippen molar-refractivity contribution in [3.8, 4) is 0 Å². The molecule has 114 valence electrons. The van der Waals surface area contributed by atoms with Crippen LogP contribution >= 0.6 is 0 Å². The predicted octanol–water partition coefficient (Wildman–Crippen LogP) is 0.200. The summed E-state index contributed by atoms with van der Waals surface area (Å²) in [6.45, 7) is 3.54. The first-order chi connectivity index (χ1) is 9.36. The van der Waals surface area contributed by atoms with Crippen molar-refractivity contribution in [3.63, 3.8) is 0 Å². The zero-order valence-electron chi connectivity index (χ0n) is 12.3. The van der Waals surface area contributed by atoms with Gasteiger partial charge in [-0.2, -0.15) is 9.40 Å². The van der Waals surface area contributed by atoms with Crippen LogP contribution in [0.4, 0.5) is 5.82 Å².